The summed E-state index contributed by atoms with van der Waals surface area (Å²) in [6.45, 7) is 0. The Hall–Kier alpha value is 0.620. The van der Waals surface area contributed by atoms with Crippen LogP contribution in [0.2, 0.25) is 0 Å². The van der Waals surface area contributed by atoms with Gasteiger partial charge in [0, 0.05) is 15.4 Å². The van der Waals surface area contributed by atoms with Gasteiger partial charge in [-0.15, -0.1) is 11.3 Å². The summed E-state index contributed by atoms with van der Waals surface area (Å²) in [7, 11) is 0. The molecule has 1 saturated carbocycles. The number of nitrogens with two attached hydrogens (primary N) is 1. The third-order valence-electron chi connectivity index (χ3n) is 2.12. The highest BCUT2D eigenvalue weighted by Gasteiger charge is 2.30. The first-order valence-corrected chi connectivity index (χ1v) is 6.29. The van der Waals surface area contributed by atoms with E-state index in [0.29, 0.717) is 0 Å². The van der Waals surface area contributed by atoms with Gasteiger partial charge in [-0.05, 0) is 56.7 Å². The highest BCUT2D eigenvalue weighted by molar-refractivity contribution is 9.13. The average Bonchev–Trinajstić information content (AvgIpc) is 2.80. The van der Waals surface area contributed by atoms with E-state index in [0.717, 1.165) is 14.2 Å². The van der Waals surface area contributed by atoms with Crippen molar-refractivity contribution in [3.8, 4) is 0 Å². The van der Waals surface area contributed by atoms with E-state index < -0.39 is 0 Å². The summed E-state index contributed by atoms with van der Waals surface area (Å²) in [6.07, 6.45) is 2.60. The predicted molar refractivity (Wildman–Crippen MR) is 59.4 cm³/mol. The average molecular weight is 311 g/mol. The summed E-state index contributed by atoms with van der Waals surface area (Å²) < 4.78 is 2.27. The molecule has 1 fully saturated rings. The van der Waals surface area contributed by atoms with Crippen LogP contribution in [0.4, 0.5) is 0 Å². The van der Waals surface area contributed by atoms with Crippen molar-refractivity contribution in [2.75, 3.05) is 0 Å². The molecule has 1 aliphatic carbocycles. The normalized spacial score (nSPS) is 19.6. The van der Waals surface area contributed by atoms with Gasteiger partial charge in [-0.1, -0.05) is 0 Å². The van der Waals surface area contributed by atoms with Crippen LogP contribution in [0.25, 0.3) is 0 Å². The number of halogens is 2. The Bertz CT molecular complexity index is 274. The summed E-state index contributed by atoms with van der Waals surface area (Å²) in [5.41, 5.74) is 6.05. The van der Waals surface area contributed by atoms with E-state index >= 15 is 0 Å². The fourth-order valence-corrected chi connectivity index (χ4v) is 3.40. The van der Waals surface area contributed by atoms with Crippen LogP contribution < -0.4 is 5.73 Å². The van der Waals surface area contributed by atoms with E-state index in [1.807, 2.05) is 0 Å². The first-order chi connectivity index (χ1) is 5.68. The molecule has 1 aliphatic rings. The zero-order chi connectivity index (χ0) is 8.72. The molecule has 1 aromatic rings. The van der Waals surface area contributed by atoms with Gasteiger partial charge >= 0.3 is 0 Å². The standard InChI is InChI=1S/C8H9Br2NS/c9-5-3-6(12-8(5)10)7(11)4-1-2-4/h3-4,7H,1-2,11H2. The van der Waals surface area contributed by atoms with E-state index in [9.17, 15) is 0 Å². The number of rotatable bonds is 2. The van der Waals surface area contributed by atoms with Gasteiger partial charge in [0.15, 0.2) is 0 Å². The fourth-order valence-electron chi connectivity index (χ4n) is 1.22. The van der Waals surface area contributed by atoms with Crippen LogP contribution in [0.15, 0.2) is 14.3 Å². The molecule has 66 valence electrons. The fraction of sp³-hybridized carbons (Fsp3) is 0.500. The lowest BCUT2D eigenvalue weighted by atomic mass is 10.2. The minimum absolute atomic E-state index is 0.262. The molecule has 4 heteroatoms. The van der Waals surface area contributed by atoms with Crippen molar-refractivity contribution in [1.82, 2.24) is 0 Å². The molecular formula is C8H9Br2NS. The van der Waals surface area contributed by atoms with Gasteiger partial charge in [-0.25, -0.2) is 0 Å². The zero-order valence-electron chi connectivity index (χ0n) is 6.39. The summed E-state index contributed by atoms with van der Waals surface area (Å²) in [5, 5.41) is 0. The molecule has 12 heavy (non-hydrogen) atoms. The second kappa shape index (κ2) is 3.40. The van der Waals surface area contributed by atoms with Gasteiger partial charge in [-0.3, -0.25) is 0 Å². The summed E-state index contributed by atoms with van der Waals surface area (Å²) in [4.78, 5) is 1.29. The molecule has 0 aromatic carbocycles. The lowest BCUT2D eigenvalue weighted by Gasteiger charge is -2.05. The number of hydrogen-bond acceptors (Lipinski definition) is 2. The van der Waals surface area contributed by atoms with Crippen LogP contribution in [-0.4, -0.2) is 0 Å². The Morgan fingerprint density at radius 3 is 2.58 bits per heavy atom. The maximum Gasteiger partial charge on any atom is 0.0843 e. The van der Waals surface area contributed by atoms with Crippen LogP contribution in [0.3, 0.4) is 0 Å². The number of thiophene rings is 1. The van der Waals surface area contributed by atoms with Crippen molar-refractivity contribution < 1.29 is 0 Å². The second-order valence-corrected chi connectivity index (χ2v) is 6.39. The third kappa shape index (κ3) is 1.76. The van der Waals surface area contributed by atoms with Crippen molar-refractivity contribution in [2.45, 2.75) is 18.9 Å². The quantitative estimate of drug-likeness (QED) is 0.886. The van der Waals surface area contributed by atoms with Crippen molar-refractivity contribution in [3.63, 3.8) is 0 Å². The highest BCUT2D eigenvalue weighted by atomic mass is 79.9. The largest absolute Gasteiger partial charge is 0.323 e. The van der Waals surface area contributed by atoms with E-state index in [1.54, 1.807) is 11.3 Å². The Balaban J connectivity index is 2.21. The molecule has 0 aliphatic heterocycles. The molecule has 1 nitrogen and oxygen atoms in total. The van der Waals surface area contributed by atoms with Gasteiger partial charge in [0.25, 0.3) is 0 Å². The molecule has 0 bridgehead atoms. The topological polar surface area (TPSA) is 26.0 Å². The van der Waals surface area contributed by atoms with Crippen LogP contribution in [-0.2, 0) is 0 Å². The Kier molecular flexibility index (Phi) is 2.61. The van der Waals surface area contributed by atoms with Crippen molar-refractivity contribution in [3.05, 3.63) is 19.2 Å². The van der Waals surface area contributed by atoms with E-state index in [1.165, 1.54) is 17.7 Å². The van der Waals surface area contributed by atoms with Gasteiger partial charge in [0.05, 0.1) is 3.79 Å². The molecule has 1 atom stereocenters. The van der Waals surface area contributed by atoms with Crippen molar-refractivity contribution in [1.29, 1.82) is 0 Å². The van der Waals surface area contributed by atoms with E-state index in [4.69, 9.17) is 5.73 Å². The summed E-state index contributed by atoms with van der Waals surface area (Å²) >= 11 is 8.67. The van der Waals surface area contributed by atoms with Gasteiger partial charge in [0.1, 0.15) is 0 Å². The molecule has 2 rings (SSSR count). The minimum Gasteiger partial charge on any atom is -0.323 e. The smallest absolute Gasteiger partial charge is 0.0843 e. The second-order valence-electron chi connectivity index (χ2n) is 3.13. The zero-order valence-corrected chi connectivity index (χ0v) is 10.4. The van der Waals surface area contributed by atoms with E-state index in [-0.39, 0.29) is 6.04 Å². The molecular weight excluding hydrogens is 302 g/mol. The van der Waals surface area contributed by atoms with Gasteiger partial charge in [-0.2, -0.15) is 0 Å². The molecule has 2 N–H and O–H groups in total. The van der Waals surface area contributed by atoms with Crippen molar-refractivity contribution in [2.24, 2.45) is 11.7 Å². The molecule has 1 unspecified atom stereocenters. The van der Waals surface area contributed by atoms with Crippen LogP contribution in [0.1, 0.15) is 23.8 Å². The Morgan fingerprint density at radius 2 is 2.17 bits per heavy atom. The minimum atomic E-state index is 0.262. The van der Waals surface area contributed by atoms with Gasteiger partial charge in [0.2, 0.25) is 0 Å². The lowest BCUT2D eigenvalue weighted by Crippen LogP contribution is -2.10. The molecule has 1 heterocycles. The third-order valence-corrected chi connectivity index (χ3v) is 5.48. The first-order valence-electron chi connectivity index (χ1n) is 3.89. The Morgan fingerprint density at radius 1 is 1.50 bits per heavy atom. The highest BCUT2D eigenvalue weighted by Crippen LogP contribution is 2.44. The maximum absolute atomic E-state index is 6.05. The molecule has 0 spiro atoms. The van der Waals surface area contributed by atoms with Crippen LogP contribution >= 0.6 is 43.2 Å². The van der Waals surface area contributed by atoms with Gasteiger partial charge < -0.3 is 5.73 Å². The summed E-state index contributed by atoms with van der Waals surface area (Å²) in [6, 6.07) is 2.38. The molecule has 1 aromatic heterocycles. The van der Waals surface area contributed by atoms with Crippen molar-refractivity contribution >= 4 is 43.2 Å². The number of hydrogen-bond donors (Lipinski definition) is 1. The Labute approximate surface area is 92.6 Å². The first kappa shape index (κ1) is 9.19. The monoisotopic (exact) mass is 309 g/mol. The van der Waals surface area contributed by atoms with E-state index in [2.05, 4.69) is 37.9 Å². The molecule has 0 amide bonds. The van der Waals surface area contributed by atoms with Crippen LogP contribution in [0, 0.1) is 5.92 Å². The summed E-state index contributed by atoms with van der Waals surface area (Å²) in [5.74, 6) is 0.738. The lowest BCUT2D eigenvalue weighted by molar-refractivity contribution is 0.644. The predicted octanol–water partition coefficient (Wildman–Crippen LogP) is 3.68. The molecule has 0 saturated heterocycles. The maximum atomic E-state index is 6.05. The SMILES string of the molecule is NC(c1cc(Br)c(Br)s1)C1CC1. The molecule has 0 radical (unpaired) electrons. The van der Waals surface area contributed by atoms with Crippen LogP contribution in [0.5, 0.6) is 0 Å².